The Labute approximate surface area is 129 Å². The number of allylic oxidation sites excluding steroid dienone is 2. The number of hydrogen-bond donors (Lipinski definition) is 0. The number of aromatic nitrogens is 1. The fourth-order valence-corrected chi connectivity index (χ4v) is 3.86. The van der Waals surface area contributed by atoms with Crippen molar-refractivity contribution in [2.75, 3.05) is 6.54 Å². The Balaban J connectivity index is 1.63. The van der Waals surface area contributed by atoms with Gasteiger partial charge < -0.3 is 0 Å². The minimum atomic E-state index is 0.601. The average Bonchev–Trinajstić information content (AvgIpc) is 3.08. The molecule has 3 aliphatic rings. The first-order valence-electron chi connectivity index (χ1n) is 7.61. The minimum Gasteiger partial charge on any atom is -0.261 e. The first-order chi connectivity index (χ1) is 10.1. The number of aryl methyl sites for hydroxylation is 1. The van der Waals surface area contributed by atoms with Gasteiger partial charge in [-0.3, -0.25) is 5.01 Å². The smallest absolute Gasteiger partial charge is 0.145 e. The largest absolute Gasteiger partial charge is 0.261 e. The molecule has 0 N–H and O–H groups in total. The highest BCUT2D eigenvalue weighted by molar-refractivity contribution is 7.08. The second-order valence-electron chi connectivity index (χ2n) is 6.19. The molecule has 1 fully saturated rings. The van der Waals surface area contributed by atoms with Gasteiger partial charge in [-0.2, -0.15) is 4.37 Å². The van der Waals surface area contributed by atoms with E-state index in [-0.39, 0.29) is 0 Å². The maximum atomic E-state index is 4.85. The number of nitrogens with zero attached hydrogens (tertiary/aromatic N) is 4. The van der Waals surface area contributed by atoms with E-state index in [1.54, 1.807) is 0 Å². The van der Waals surface area contributed by atoms with Gasteiger partial charge in [0.25, 0.3) is 0 Å². The SMILES string of the molecule is CC1=CC(c2cc(C)ns2)=NC2=CCN([C@@H](C)C3CC3)N12. The van der Waals surface area contributed by atoms with E-state index >= 15 is 0 Å². The molecule has 0 radical (unpaired) electrons. The Morgan fingerprint density at radius 3 is 2.81 bits per heavy atom. The number of aliphatic imine (C=N–C) groups is 1. The summed E-state index contributed by atoms with van der Waals surface area (Å²) in [5.74, 6) is 1.93. The van der Waals surface area contributed by atoms with Crippen molar-refractivity contribution in [3.8, 4) is 0 Å². The monoisotopic (exact) mass is 300 g/mol. The van der Waals surface area contributed by atoms with Crippen molar-refractivity contribution in [2.24, 2.45) is 10.9 Å². The number of rotatable bonds is 3. The van der Waals surface area contributed by atoms with E-state index < -0.39 is 0 Å². The molecular weight excluding hydrogens is 280 g/mol. The predicted molar refractivity (Wildman–Crippen MR) is 86.0 cm³/mol. The number of fused-ring (bicyclic) bond motifs is 1. The summed E-state index contributed by atoms with van der Waals surface area (Å²) in [6.07, 6.45) is 7.17. The lowest BCUT2D eigenvalue weighted by molar-refractivity contribution is 0.0236. The van der Waals surface area contributed by atoms with Gasteiger partial charge in [0.05, 0.1) is 16.3 Å². The van der Waals surface area contributed by atoms with Gasteiger partial charge in [-0.1, -0.05) is 0 Å². The summed E-state index contributed by atoms with van der Waals surface area (Å²) in [6.45, 7) is 7.51. The van der Waals surface area contributed by atoms with E-state index in [0.717, 1.165) is 34.6 Å². The molecule has 1 atom stereocenters. The molecular formula is C16H20N4S. The van der Waals surface area contributed by atoms with Crippen molar-refractivity contribution >= 4 is 17.2 Å². The van der Waals surface area contributed by atoms with E-state index in [9.17, 15) is 0 Å². The van der Waals surface area contributed by atoms with Crippen LogP contribution >= 0.6 is 11.5 Å². The Morgan fingerprint density at radius 1 is 1.33 bits per heavy atom. The molecule has 2 aliphatic heterocycles. The standard InChI is InChI=1S/C16H20N4S/c1-10-8-15(21-18-10)14-9-11(2)20-16(17-14)6-7-19(20)12(3)13-4-5-13/h6,8-9,12-13H,4-5,7H2,1-3H3/t12-/m0/s1. The van der Waals surface area contributed by atoms with E-state index in [4.69, 9.17) is 4.99 Å². The lowest BCUT2D eigenvalue weighted by atomic mass is 10.2. The molecule has 0 amide bonds. The second kappa shape index (κ2) is 4.78. The van der Waals surface area contributed by atoms with Gasteiger partial charge in [-0.15, -0.1) is 0 Å². The molecule has 0 saturated heterocycles. The fourth-order valence-electron chi connectivity index (χ4n) is 3.15. The molecule has 1 aromatic heterocycles. The van der Waals surface area contributed by atoms with Crippen LogP contribution in [0.3, 0.4) is 0 Å². The molecule has 1 saturated carbocycles. The summed E-state index contributed by atoms with van der Waals surface area (Å²) in [4.78, 5) is 6.00. The molecule has 0 aromatic carbocycles. The van der Waals surface area contributed by atoms with Crippen molar-refractivity contribution in [2.45, 2.75) is 39.7 Å². The molecule has 21 heavy (non-hydrogen) atoms. The Hall–Kier alpha value is -1.46. The van der Waals surface area contributed by atoms with Crippen LogP contribution in [0, 0.1) is 12.8 Å². The molecule has 3 heterocycles. The zero-order chi connectivity index (χ0) is 14.6. The maximum Gasteiger partial charge on any atom is 0.145 e. The summed E-state index contributed by atoms with van der Waals surface area (Å²) in [7, 11) is 0. The molecule has 0 unspecified atom stereocenters. The topological polar surface area (TPSA) is 31.7 Å². The summed E-state index contributed by atoms with van der Waals surface area (Å²) in [6, 6.07) is 2.72. The second-order valence-corrected chi connectivity index (χ2v) is 6.99. The van der Waals surface area contributed by atoms with Crippen molar-refractivity contribution in [1.82, 2.24) is 14.4 Å². The lowest BCUT2D eigenvalue weighted by Crippen LogP contribution is -2.44. The van der Waals surface area contributed by atoms with E-state index in [0.29, 0.717) is 6.04 Å². The third-order valence-electron chi connectivity index (χ3n) is 4.50. The summed E-state index contributed by atoms with van der Waals surface area (Å²) in [5, 5.41) is 4.75. The summed E-state index contributed by atoms with van der Waals surface area (Å²) in [5.41, 5.74) is 3.36. The third kappa shape index (κ3) is 2.24. The molecule has 1 aliphatic carbocycles. The van der Waals surface area contributed by atoms with Crippen LogP contribution in [0.4, 0.5) is 0 Å². The van der Waals surface area contributed by atoms with Crippen molar-refractivity contribution in [1.29, 1.82) is 0 Å². The fraction of sp³-hybridized carbons (Fsp3) is 0.500. The van der Waals surface area contributed by atoms with Crippen LogP contribution in [0.1, 0.15) is 37.3 Å². The van der Waals surface area contributed by atoms with Crippen LogP contribution in [0.25, 0.3) is 0 Å². The quantitative estimate of drug-likeness (QED) is 0.858. The van der Waals surface area contributed by atoms with Gasteiger partial charge in [0.2, 0.25) is 0 Å². The van der Waals surface area contributed by atoms with Crippen LogP contribution in [0.15, 0.2) is 34.7 Å². The van der Waals surface area contributed by atoms with Crippen LogP contribution in [0.2, 0.25) is 0 Å². The number of hydrazine groups is 1. The molecule has 110 valence electrons. The van der Waals surface area contributed by atoms with E-state index in [1.165, 1.54) is 30.1 Å². The van der Waals surface area contributed by atoms with Gasteiger partial charge in [-0.05, 0) is 69.3 Å². The number of hydrogen-bond acceptors (Lipinski definition) is 5. The lowest BCUT2D eigenvalue weighted by Gasteiger charge is -2.37. The molecule has 4 nitrogen and oxygen atoms in total. The summed E-state index contributed by atoms with van der Waals surface area (Å²) < 4.78 is 4.37. The Morgan fingerprint density at radius 2 is 2.14 bits per heavy atom. The normalized spacial score (nSPS) is 23.6. The zero-order valence-electron chi connectivity index (χ0n) is 12.7. The zero-order valence-corrected chi connectivity index (χ0v) is 13.5. The molecule has 5 heteroatoms. The first kappa shape index (κ1) is 13.2. The van der Waals surface area contributed by atoms with Crippen LogP contribution in [-0.2, 0) is 0 Å². The molecule has 0 spiro atoms. The van der Waals surface area contributed by atoms with E-state index in [2.05, 4.69) is 46.5 Å². The van der Waals surface area contributed by atoms with Gasteiger partial charge in [0.15, 0.2) is 0 Å². The molecule has 0 bridgehead atoms. The third-order valence-corrected chi connectivity index (χ3v) is 5.41. The first-order valence-corrected chi connectivity index (χ1v) is 8.38. The predicted octanol–water partition coefficient (Wildman–Crippen LogP) is 3.33. The van der Waals surface area contributed by atoms with Gasteiger partial charge in [-0.25, -0.2) is 10.0 Å². The van der Waals surface area contributed by atoms with Gasteiger partial charge >= 0.3 is 0 Å². The van der Waals surface area contributed by atoms with Crippen LogP contribution in [-0.4, -0.2) is 32.7 Å². The van der Waals surface area contributed by atoms with Crippen molar-refractivity contribution in [3.05, 3.63) is 40.3 Å². The van der Waals surface area contributed by atoms with E-state index in [1.807, 2.05) is 6.92 Å². The van der Waals surface area contributed by atoms with Crippen molar-refractivity contribution in [3.63, 3.8) is 0 Å². The molecule has 1 aromatic rings. The molecule has 4 rings (SSSR count). The van der Waals surface area contributed by atoms with Gasteiger partial charge in [0.1, 0.15) is 5.82 Å². The average molecular weight is 300 g/mol. The minimum absolute atomic E-state index is 0.601. The summed E-state index contributed by atoms with van der Waals surface area (Å²) >= 11 is 1.53. The maximum absolute atomic E-state index is 4.85. The van der Waals surface area contributed by atoms with Crippen molar-refractivity contribution < 1.29 is 0 Å². The van der Waals surface area contributed by atoms with Crippen LogP contribution in [0.5, 0.6) is 0 Å². The Kier molecular flexibility index (Phi) is 3.01. The van der Waals surface area contributed by atoms with Crippen LogP contribution < -0.4 is 0 Å². The Bertz CT molecular complexity index is 666. The highest BCUT2D eigenvalue weighted by Crippen LogP contribution is 2.39. The van der Waals surface area contributed by atoms with Gasteiger partial charge in [0, 0.05) is 18.3 Å². The highest BCUT2D eigenvalue weighted by atomic mass is 32.1. The highest BCUT2D eigenvalue weighted by Gasteiger charge is 2.38.